The standard InChI is InChI=1S/C15H20N2O2S/c1-11-16-13(10-20-11)14-9-19-8-7-17(14)15(18)12-5-3-2-4-6-12/h5,10,14H,2-4,6-9H2,1H3. The molecular formula is C15H20N2O2S. The number of allylic oxidation sites excluding steroid dienone is 1. The predicted molar refractivity (Wildman–Crippen MR) is 78.7 cm³/mol. The maximum atomic E-state index is 12.7. The lowest BCUT2D eigenvalue weighted by atomic mass is 9.97. The van der Waals surface area contributed by atoms with Gasteiger partial charge in [0, 0.05) is 17.5 Å². The number of carbonyl (C=O) groups excluding carboxylic acids is 1. The first-order valence-electron chi connectivity index (χ1n) is 7.25. The Kier molecular flexibility index (Phi) is 4.17. The van der Waals surface area contributed by atoms with Gasteiger partial charge >= 0.3 is 0 Å². The van der Waals surface area contributed by atoms with E-state index in [2.05, 4.69) is 11.1 Å². The van der Waals surface area contributed by atoms with E-state index in [4.69, 9.17) is 4.74 Å². The Morgan fingerprint density at radius 2 is 2.40 bits per heavy atom. The summed E-state index contributed by atoms with van der Waals surface area (Å²) in [6.07, 6.45) is 6.40. The number of aromatic nitrogens is 1. The van der Waals surface area contributed by atoms with Crippen LogP contribution in [-0.4, -0.2) is 35.5 Å². The molecule has 1 saturated heterocycles. The van der Waals surface area contributed by atoms with Gasteiger partial charge in [-0.1, -0.05) is 6.08 Å². The van der Waals surface area contributed by atoms with Gasteiger partial charge in [-0.2, -0.15) is 0 Å². The lowest BCUT2D eigenvalue weighted by molar-refractivity contribution is -0.136. The summed E-state index contributed by atoms with van der Waals surface area (Å²) in [7, 11) is 0. The van der Waals surface area contributed by atoms with Crippen LogP contribution in [0.4, 0.5) is 0 Å². The Hall–Kier alpha value is -1.20. The lowest BCUT2D eigenvalue weighted by Gasteiger charge is -2.35. The zero-order valence-corrected chi connectivity index (χ0v) is 12.6. The van der Waals surface area contributed by atoms with E-state index in [0.29, 0.717) is 19.8 Å². The highest BCUT2D eigenvalue weighted by Crippen LogP contribution is 2.29. The molecule has 1 unspecified atom stereocenters. The normalized spacial score (nSPS) is 23.6. The SMILES string of the molecule is Cc1nc(C2COCCN2C(=O)C2=CCCCC2)cs1. The number of hydrogen-bond donors (Lipinski definition) is 0. The quantitative estimate of drug-likeness (QED) is 0.842. The van der Waals surface area contributed by atoms with Crippen molar-refractivity contribution in [3.8, 4) is 0 Å². The number of carbonyl (C=O) groups is 1. The first kappa shape index (κ1) is 13.8. The minimum Gasteiger partial charge on any atom is -0.377 e. The van der Waals surface area contributed by atoms with Crippen LogP contribution in [0.2, 0.25) is 0 Å². The highest BCUT2D eigenvalue weighted by atomic mass is 32.1. The van der Waals surface area contributed by atoms with E-state index in [1.165, 1.54) is 6.42 Å². The molecule has 1 aliphatic carbocycles. The number of ether oxygens (including phenoxy) is 1. The smallest absolute Gasteiger partial charge is 0.250 e. The molecule has 3 rings (SSSR count). The highest BCUT2D eigenvalue weighted by molar-refractivity contribution is 7.09. The molecule has 2 aliphatic rings. The molecular weight excluding hydrogens is 272 g/mol. The van der Waals surface area contributed by atoms with E-state index in [-0.39, 0.29) is 11.9 Å². The van der Waals surface area contributed by atoms with Crippen LogP contribution >= 0.6 is 11.3 Å². The summed E-state index contributed by atoms with van der Waals surface area (Å²) in [6, 6.07) is -0.0240. The molecule has 0 saturated carbocycles. The van der Waals surface area contributed by atoms with Crippen LogP contribution in [0.1, 0.15) is 42.4 Å². The van der Waals surface area contributed by atoms with Crippen molar-refractivity contribution in [1.29, 1.82) is 0 Å². The summed E-state index contributed by atoms with van der Waals surface area (Å²) in [5.41, 5.74) is 1.95. The number of aryl methyl sites for hydroxylation is 1. The molecule has 20 heavy (non-hydrogen) atoms. The van der Waals surface area contributed by atoms with E-state index < -0.39 is 0 Å². The fourth-order valence-corrected chi connectivity index (χ4v) is 3.50. The number of amides is 1. The van der Waals surface area contributed by atoms with Gasteiger partial charge in [-0.05, 0) is 32.6 Å². The molecule has 0 bridgehead atoms. The van der Waals surface area contributed by atoms with Crippen LogP contribution in [0.3, 0.4) is 0 Å². The van der Waals surface area contributed by atoms with E-state index in [1.54, 1.807) is 11.3 Å². The minimum absolute atomic E-state index is 0.0240. The molecule has 1 atom stereocenters. The molecule has 0 N–H and O–H groups in total. The largest absolute Gasteiger partial charge is 0.377 e. The van der Waals surface area contributed by atoms with Gasteiger partial charge in [0.2, 0.25) is 5.91 Å². The number of nitrogens with zero attached hydrogens (tertiary/aromatic N) is 2. The van der Waals surface area contributed by atoms with E-state index in [0.717, 1.165) is 35.5 Å². The second-order valence-corrected chi connectivity index (χ2v) is 6.42. The number of morpholine rings is 1. The lowest BCUT2D eigenvalue weighted by Crippen LogP contribution is -2.44. The number of thiazole rings is 1. The fourth-order valence-electron chi connectivity index (χ4n) is 2.84. The van der Waals surface area contributed by atoms with Crippen molar-refractivity contribution >= 4 is 17.2 Å². The van der Waals surface area contributed by atoms with Crippen molar-refractivity contribution < 1.29 is 9.53 Å². The molecule has 1 aromatic rings. The number of hydrogen-bond acceptors (Lipinski definition) is 4. The second-order valence-electron chi connectivity index (χ2n) is 5.36. The van der Waals surface area contributed by atoms with Gasteiger partial charge in [0.25, 0.3) is 0 Å². The predicted octanol–water partition coefficient (Wildman–Crippen LogP) is 2.85. The van der Waals surface area contributed by atoms with Crippen molar-refractivity contribution in [1.82, 2.24) is 9.88 Å². The molecule has 108 valence electrons. The average Bonchev–Trinajstić information content (AvgIpc) is 2.94. The molecule has 4 nitrogen and oxygen atoms in total. The Morgan fingerprint density at radius 3 is 3.10 bits per heavy atom. The second kappa shape index (κ2) is 6.06. The molecule has 0 spiro atoms. The molecule has 1 aromatic heterocycles. The minimum atomic E-state index is -0.0240. The van der Waals surface area contributed by atoms with Crippen LogP contribution in [0.25, 0.3) is 0 Å². The third-order valence-electron chi connectivity index (χ3n) is 3.93. The summed E-state index contributed by atoms with van der Waals surface area (Å²) < 4.78 is 5.56. The maximum absolute atomic E-state index is 12.7. The van der Waals surface area contributed by atoms with Crippen molar-refractivity contribution in [3.05, 3.63) is 27.7 Å². The molecule has 0 radical (unpaired) electrons. The first-order chi connectivity index (χ1) is 9.75. The van der Waals surface area contributed by atoms with E-state index in [1.807, 2.05) is 17.2 Å². The third kappa shape index (κ3) is 2.79. The Morgan fingerprint density at radius 1 is 1.50 bits per heavy atom. The molecule has 1 fully saturated rings. The van der Waals surface area contributed by atoms with Crippen LogP contribution in [0, 0.1) is 6.92 Å². The zero-order chi connectivity index (χ0) is 13.9. The van der Waals surface area contributed by atoms with E-state index >= 15 is 0 Å². The molecule has 1 amide bonds. The summed E-state index contributed by atoms with van der Waals surface area (Å²) in [5, 5.41) is 3.08. The third-order valence-corrected chi connectivity index (χ3v) is 4.72. The topological polar surface area (TPSA) is 42.4 Å². The van der Waals surface area contributed by atoms with Crippen molar-refractivity contribution in [3.63, 3.8) is 0 Å². The average molecular weight is 292 g/mol. The van der Waals surface area contributed by atoms with Crippen LogP contribution < -0.4 is 0 Å². The van der Waals surface area contributed by atoms with Crippen molar-refractivity contribution in [2.24, 2.45) is 0 Å². The fraction of sp³-hybridized carbons (Fsp3) is 0.600. The molecule has 1 aliphatic heterocycles. The molecule has 2 heterocycles. The van der Waals surface area contributed by atoms with Crippen molar-refractivity contribution in [2.75, 3.05) is 19.8 Å². The van der Waals surface area contributed by atoms with Gasteiger partial charge < -0.3 is 9.64 Å². The summed E-state index contributed by atoms with van der Waals surface area (Å²) in [6.45, 7) is 3.84. The van der Waals surface area contributed by atoms with Gasteiger partial charge in [0.15, 0.2) is 0 Å². The van der Waals surface area contributed by atoms with Crippen molar-refractivity contribution in [2.45, 2.75) is 38.6 Å². The first-order valence-corrected chi connectivity index (χ1v) is 8.13. The summed E-state index contributed by atoms with van der Waals surface area (Å²) in [5.74, 6) is 0.184. The van der Waals surface area contributed by atoms with Crippen LogP contribution in [0.5, 0.6) is 0 Å². The van der Waals surface area contributed by atoms with Crippen LogP contribution in [-0.2, 0) is 9.53 Å². The molecule has 5 heteroatoms. The molecule has 0 aromatic carbocycles. The van der Waals surface area contributed by atoms with Gasteiger partial charge in [-0.25, -0.2) is 4.98 Å². The van der Waals surface area contributed by atoms with Crippen LogP contribution in [0.15, 0.2) is 17.0 Å². The Labute approximate surface area is 123 Å². The Bertz CT molecular complexity index is 524. The van der Waals surface area contributed by atoms with E-state index in [9.17, 15) is 4.79 Å². The summed E-state index contributed by atoms with van der Waals surface area (Å²) >= 11 is 1.63. The highest BCUT2D eigenvalue weighted by Gasteiger charge is 2.31. The van der Waals surface area contributed by atoms with Gasteiger partial charge in [0.05, 0.1) is 30.0 Å². The zero-order valence-electron chi connectivity index (χ0n) is 11.8. The Balaban J connectivity index is 1.81. The van der Waals surface area contributed by atoms with Gasteiger partial charge in [-0.3, -0.25) is 4.79 Å². The van der Waals surface area contributed by atoms with Gasteiger partial charge in [0.1, 0.15) is 0 Å². The maximum Gasteiger partial charge on any atom is 0.250 e. The van der Waals surface area contributed by atoms with Gasteiger partial charge in [-0.15, -0.1) is 11.3 Å². The monoisotopic (exact) mass is 292 g/mol. The number of rotatable bonds is 2. The summed E-state index contributed by atoms with van der Waals surface area (Å²) in [4.78, 5) is 19.2.